The molecule has 0 aromatic carbocycles. The summed E-state index contributed by atoms with van der Waals surface area (Å²) in [6, 6.07) is 0. The summed E-state index contributed by atoms with van der Waals surface area (Å²) >= 11 is 3.49. The highest BCUT2D eigenvalue weighted by molar-refractivity contribution is 9.09. The molecule has 0 saturated heterocycles. The van der Waals surface area contributed by atoms with Gasteiger partial charge in [0.05, 0.1) is 5.75 Å². The van der Waals surface area contributed by atoms with Crippen molar-refractivity contribution in [2.75, 3.05) is 11.5 Å². The second kappa shape index (κ2) is 6.82. The summed E-state index contributed by atoms with van der Waals surface area (Å²) in [5, 5.41) is 0. The standard InChI is InChI=1S/C9H19BrO2S/c1-3-7-13(11,12)8-5-6-9(10)4-2/h9H,3-8H2,1-2H3. The van der Waals surface area contributed by atoms with Crippen LogP contribution in [-0.2, 0) is 9.84 Å². The predicted octanol–water partition coefficient (Wildman–Crippen LogP) is 2.76. The van der Waals surface area contributed by atoms with Crippen LogP contribution in [-0.4, -0.2) is 24.8 Å². The van der Waals surface area contributed by atoms with Gasteiger partial charge in [0.25, 0.3) is 0 Å². The van der Waals surface area contributed by atoms with Crippen LogP contribution in [0.25, 0.3) is 0 Å². The first-order valence-electron chi connectivity index (χ1n) is 4.86. The van der Waals surface area contributed by atoms with E-state index in [9.17, 15) is 8.42 Å². The van der Waals surface area contributed by atoms with Crippen LogP contribution in [0, 0.1) is 0 Å². The fraction of sp³-hybridized carbons (Fsp3) is 1.00. The normalized spacial score (nSPS) is 14.4. The van der Waals surface area contributed by atoms with Crippen molar-refractivity contribution in [2.45, 2.75) is 44.4 Å². The summed E-state index contributed by atoms with van der Waals surface area (Å²) in [4.78, 5) is 0.476. The monoisotopic (exact) mass is 270 g/mol. The highest BCUT2D eigenvalue weighted by atomic mass is 79.9. The smallest absolute Gasteiger partial charge is 0.150 e. The average molecular weight is 271 g/mol. The molecule has 0 radical (unpaired) electrons. The molecule has 0 aromatic rings. The number of alkyl halides is 1. The van der Waals surface area contributed by atoms with Crippen molar-refractivity contribution in [3.05, 3.63) is 0 Å². The van der Waals surface area contributed by atoms with Crippen LogP contribution in [0.1, 0.15) is 39.5 Å². The third kappa shape index (κ3) is 7.50. The lowest BCUT2D eigenvalue weighted by molar-refractivity contribution is 0.589. The number of hydrogen-bond acceptors (Lipinski definition) is 2. The second-order valence-electron chi connectivity index (χ2n) is 3.30. The van der Waals surface area contributed by atoms with Gasteiger partial charge in [-0.25, -0.2) is 8.42 Å². The Morgan fingerprint density at radius 2 is 1.85 bits per heavy atom. The van der Waals surface area contributed by atoms with Gasteiger partial charge in [-0.05, 0) is 25.7 Å². The Labute approximate surface area is 90.2 Å². The Bertz CT molecular complexity index is 212. The third-order valence-corrected chi connectivity index (χ3v) is 4.98. The van der Waals surface area contributed by atoms with Crippen LogP contribution in [0.5, 0.6) is 0 Å². The Hall–Kier alpha value is 0.430. The van der Waals surface area contributed by atoms with Crippen molar-refractivity contribution in [3.8, 4) is 0 Å². The summed E-state index contributed by atoms with van der Waals surface area (Å²) in [7, 11) is -2.76. The molecule has 13 heavy (non-hydrogen) atoms. The molecule has 0 rings (SSSR count). The number of rotatable bonds is 7. The Kier molecular flexibility index (Phi) is 7.05. The molecule has 0 aromatic heterocycles. The van der Waals surface area contributed by atoms with Crippen LogP contribution in [0.4, 0.5) is 0 Å². The molecule has 4 heteroatoms. The molecular formula is C9H19BrO2S. The zero-order valence-electron chi connectivity index (χ0n) is 8.42. The summed E-state index contributed by atoms with van der Waals surface area (Å²) < 4.78 is 22.6. The van der Waals surface area contributed by atoms with E-state index < -0.39 is 9.84 Å². The maximum Gasteiger partial charge on any atom is 0.150 e. The lowest BCUT2D eigenvalue weighted by Gasteiger charge is -2.06. The van der Waals surface area contributed by atoms with Gasteiger partial charge in [0.15, 0.2) is 0 Å². The van der Waals surface area contributed by atoms with Crippen molar-refractivity contribution >= 4 is 25.8 Å². The molecule has 0 bridgehead atoms. The molecular weight excluding hydrogens is 252 g/mol. The predicted molar refractivity (Wildman–Crippen MR) is 61.2 cm³/mol. The van der Waals surface area contributed by atoms with E-state index in [4.69, 9.17) is 0 Å². The summed E-state index contributed by atoms with van der Waals surface area (Å²) in [6.45, 7) is 4.00. The van der Waals surface area contributed by atoms with E-state index in [0.717, 1.165) is 25.7 Å². The SMILES string of the molecule is CCCS(=O)(=O)CCCC(Br)CC. The van der Waals surface area contributed by atoms with Gasteiger partial charge in [-0.1, -0.05) is 29.8 Å². The second-order valence-corrected chi connectivity index (χ2v) is 6.90. The summed E-state index contributed by atoms with van der Waals surface area (Å²) in [6.07, 6.45) is 3.53. The van der Waals surface area contributed by atoms with E-state index in [0.29, 0.717) is 16.3 Å². The van der Waals surface area contributed by atoms with Gasteiger partial charge in [-0.2, -0.15) is 0 Å². The van der Waals surface area contributed by atoms with Gasteiger partial charge >= 0.3 is 0 Å². The van der Waals surface area contributed by atoms with Crippen LogP contribution in [0.3, 0.4) is 0 Å². The van der Waals surface area contributed by atoms with Gasteiger partial charge in [0.1, 0.15) is 9.84 Å². The first-order chi connectivity index (χ1) is 6.02. The van der Waals surface area contributed by atoms with Gasteiger partial charge < -0.3 is 0 Å². The topological polar surface area (TPSA) is 34.1 Å². The first-order valence-corrected chi connectivity index (χ1v) is 7.60. The van der Waals surface area contributed by atoms with Crippen molar-refractivity contribution in [1.29, 1.82) is 0 Å². The Morgan fingerprint density at radius 3 is 2.31 bits per heavy atom. The largest absolute Gasteiger partial charge is 0.229 e. The number of hydrogen-bond donors (Lipinski definition) is 0. The van der Waals surface area contributed by atoms with Gasteiger partial charge in [0.2, 0.25) is 0 Å². The quantitative estimate of drug-likeness (QED) is 0.667. The molecule has 80 valence electrons. The highest BCUT2D eigenvalue weighted by Crippen LogP contribution is 2.12. The molecule has 0 fully saturated rings. The summed E-state index contributed by atoms with van der Waals surface area (Å²) in [5.41, 5.74) is 0. The molecule has 1 unspecified atom stereocenters. The average Bonchev–Trinajstić information content (AvgIpc) is 2.03. The fourth-order valence-electron chi connectivity index (χ4n) is 1.14. The van der Waals surface area contributed by atoms with E-state index in [2.05, 4.69) is 22.9 Å². The van der Waals surface area contributed by atoms with E-state index >= 15 is 0 Å². The van der Waals surface area contributed by atoms with Gasteiger partial charge in [0, 0.05) is 10.6 Å². The molecule has 2 nitrogen and oxygen atoms in total. The zero-order valence-corrected chi connectivity index (χ0v) is 10.8. The maximum atomic E-state index is 11.3. The highest BCUT2D eigenvalue weighted by Gasteiger charge is 2.09. The molecule has 0 saturated carbocycles. The molecule has 0 aliphatic heterocycles. The first kappa shape index (κ1) is 13.4. The number of sulfone groups is 1. The third-order valence-electron chi connectivity index (χ3n) is 1.93. The lowest BCUT2D eigenvalue weighted by atomic mass is 10.2. The van der Waals surface area contributed by atoms with Crippen molar-refractivity contribution < 1.29 is 8.42 Å². The van der Waals surface area contributed by atoms with Crippen LogP contribution >= 0.6 is 15.9 Å². The van der Waals surface area contributed by atoms with E-state index in [1.54, 1.807) is 0 Å². The fourth-order valence-corrected chi connectivity index (χ4v) is 2.90. The molecule has 0 spiro atoms. The van der Waals surface area contributed by atoms with Gasteiger partial charge in [-0.15, -0.1) is 0 Å². The van der Waals surface area contributed by atoms with E-state index in [-0.39, 0.29) is 0 Å². The lowest BCUT2D eigenvalue weighted by Crippen LogP contribution is -2.11. The van der Waals surface area contributed by atoms with Crippen LogP contribution in [0.15, 0.2) is 0 Å². The van der Waals surface area contributed by atoms with Crippen LogP contribution < -0.4 is 0 Å². The Morgan fingerprint density at radius 1 is 1.23 bits per heavy atom. The van der Waals surface area contributed by atoms with E-state index in [1.807, 2.05) is 6.92 Å². The molecule has 0 amide bonds. The number of halogens is 1. The molecule has 1 atom stereocenters. The van der Waals surface area contributed by atoms with Crippen molar-refractivity contribution in [2.24, 2.45) is 0 Å². The van der Waals surface area contributed by atoms with Gasteiger partial charge in [-0.3, -0.25) is 0 Å². The molecule has 0 aliphatic carbocycles. The Balaban J connectivity index is 3.64. The van der Waals surface area contributed by atoms with Crippen molar-refractivity contribution in [3.63, 3.8) is 0 Å². The molecule has 0 heterocycles. The molecule has 0 aliphatic rings. The van der Waals surface area contributed by atoms with E-state index in [1.165, 1.54) is 0 Å². The molecule has 0 N–H and O–H groups in total. The maximum absolute atomic E-state index is 11.3. The summed E-state index contributed by atoms with van der Waals surface area (Å²) in [5.74, 6) is 0.690. The zero-order chi connectivity index (χ0) is 10.3. The van der Waals surface area contributed by atoms with Crippen molar-refractivity contribution in [1.82, 2.24) is 0 Å². The van der Waals surface area contributed by atoms with Crippen LogP contribution in [0.2, 0.25) is 0 Å². The minimum absolute atomic E-state index is 0.339. The minimum Gasteiger partial charge on any atom is -0.229 e. The minimum atomic E-state index is -2.76.